The maximum atomic E-state index is 12.0. The molecule has 0 spiro atoms. The van der Waals surface area contributed by atoms with Crippen molar-refractivity contribution in [2.45, 2.75) is 12.6 Å². The van der Waals surface area contributed by atoms with E-state index in [2.05, 4.69) is 22.3 Å². The third-order valence-corrected chi connectivity index (χ3v) is 3.73. The largest absolute Gasteiger partial charge is 0.467 e. The number of carbonyl (C=O) groups excluding carboxylic acids is 1. The molecule has 1 atom stereocenters. The Morgan fingerprint density at radius 1 is 1.23 bits per heavy atom. The number of rotatable bonds is 5. The zero-order valence-corrected chi connectivity index (χ0v) is 12.4. The van der Waals surface area contributed by atoms with Crippen molar-refractivity contribution in [2.24, 2.45) is 0 Å². The van der Waals surface area contributed by atoms with Crippen LogP contribution in [0.2, 0.25) is 0 Å². The van der Waals surface area contributed by atoms with Crippen LogP contribution in [0.5, 0.6) is 0 Å². The highest BCUT2D eigenvalue weighted by Crippen LogP contribution is 2.21. The van der Waals surface area contributed by atoms with Gasteiger partial charge in [0.25, 0.3) is 0 Å². The van der Waals surface area contributed by atoms with Crippen molar-refractivity contribution in [3.05, 3.63) is 60.1 Å². The van der Waals surface area contributed by atoms with Crippen LogP contribution in [-0.2, 0) is 16.1 Å². The van der Waals surface area contributed by atoms with Crippen molar-refractivity contribution >= 4 is 5.91 Å². The second kappa shape index (κ2) is 7.24. The molecule has 1 aliphatic heterocycles. The number of nitrogens with zero attached hydrogens (tertiary/aromatic N) is 1. The average Bonchev–Trinajstić information content (AvgIpc) is 3.08. The number of hydrogen-bond acceptors (Lipinski definition) is 4. The Morgan fingerprint density at radius 3 is 2.86 bits per heavy atom. The van der Waals surface area contributed by atoms with Crippen molar-refractivity contribution < 1.29 is 13.9 Å². The molecular formula is C17H20N2O3. The fraction of sp³-hybridized carbons (Fsp3) is 0.353. The van der Waals surface area contributed by atoms with E-state index in [9.17, 15) is 4.79 Å². The first kappa shape index (κ1) is 14.8. The summed E-state index contributed by atoms with van der Waals surface area (Å²) in [6, 6.07) is 13.8. The molecule has 0 bridgehead atoms. The quantitative estimate of drug-likeness (QED) is 0.917. The van der Waals surface area contributed by atoms with E-state index in [-0.39, 0.29) is 12.0 Å². The molecule has 0 saturated carbocycles. The summed E-state index contributed by atoms with van der Waals surface area (Å²) in [6.45, 7) is 2.96. The van der Waals surface area contributed by atoms with Crippen molar-refractivity contribution in [1.29, 1.82) is 0 Å². The van der Waals surface area contributed by atoms with Gasteiger partial charge in [0.1, 0.15) is 5.76 Å². The van der Waals surface area contributed by atoms with Gasteiger partial charge >= 0.3 is 0 Å². The molecule has 0 radical (unpaired) electrons. The normalized spacial score (nSPS) is 19.0. The van der Waals surface area contributed by atoms with Crippen molar-refractivity contribution in [3.63, 3.8) is 0 Å². The first-order chi connectivity index (χ1) is 10.8. The summed E-state index contributed by atoms with van der Waals surface area (Å²) in [5.74, 6) is 0.766. The van der Waals surface area contributed by atoms with Crippen LogP contribution >= 0.6 is 0 Å². The maximum absolute atomic E-state index is 12.0. The van der Waals surface area contributed by atoms with E-state index in [4.69, 9.17) is 9.15 Å². The predicted octanol–water partition coefficient (Wildman–Crippen LogP) is 1.97. The second-order valence-corrected chi connectivity index (χ2v) is 5.36. The van der Waals surface area contributed by atoms with Crippen LogP contribution in [0, 0.1) is 0 Å². The molecule has 1 saturated heterocycles. The molecule has 22 heavy (non-hydrogen) atoms. The number of ether oxygens (including phenoxy) is 1. The van der Waals surface area contributed by atoms with E-state index in [0.29, 0.717) is 19.7 Å². The van der Waals surface area contributed by atoms with Gasteiger partial charge in [-0.15, -0.1) is 0 Å². The lowest BCUT2D eigenvalue weighted by Gasteiger charge is -2.32. The summed E-state index contributed by atoms with van der Waals surface area (Å²) in [7, 11) is 0. The van der Waals surface area contributed by atoms with Gasteiger partial charge in [0.15, 0.2) is 0 Å². The molecule has 2 aromatic rings. The first-order valence-electron chi connectivity index (χ1n) is 7.49. The Morgan fingerprint density at radius 2 is 2.09 bits per heavy atom. The van der Waals surface area contributed by atoms with E-state index < -0.39 is 0 Å². The minimum Gasteiger partial charge on any atom is -0.467 e. The maximum Gasteiger partial charge on any atom is 0.234 e. The van der Waals surface area contributed by atoms with Gasteiger partial charge in [-0.25, -0.2) is 0 Å². The zero-order valence-electron chi connectivity index (χ0n) is 12.4. The first-order valence-corrected chi connectivity index (χ1v) is 7.49. The number of furan rings is 1. The van der Waals surface area contributed by atoms with Crippen molar-refractivity contribution in [3.8, 4) is 0 Å². The third kappa shape index (κ3) is 3.96. The summed E-state index contributed by atoms with van der Waals surface area (Å²) in [5.41, 5.74) is 1.16. The number of amides is 1. The van der Waals surface area contributed by atoms with E-state index in [1.807, 2.05) is 30.3 Å². The average molecular weight is 300 g/mol. The van der Waals surface area contributed by atoms with Crippen LogP contribution in [0.1, 0.15) is 17.4 Å². The molecule has 1 fully saturated rings. The van der Waals surface area contributed by atoms with Gasteiger partial charge in [-0.2, -0.15) is 0 Å². The van der Waals surface area contributed by atoms with Crippen LogP contribution in [0.4, 0.5) is 0 Å². The van der Waals surface area contributed by atoms with Gasteiger partial charge in [-0.05, 0) is 17.7 Å². The number of morpholine rings is 1. The summed E-state index contributed by atoms with van der Waals surface area (Å²) in [6.07, 6.45) is 1.64. The number of carbonyl (C=O) groups is 1. The molecule has 1 amide bonds. The highest BCUT2D eigenvalue weighted by molar-refractivity contribution is 5.77. The smallest absolute Gasteiger partial charge is 0.234 e. The van der Waals surface area contributed by atoms with E-state index in [0.717, 1.165) is 24.4 Å². The summed E-state index contributed by atoms with van der Waals surface area (Å²) in [4.78, 5) is 14.1. The summed E-state index contributed by atoms with van der Waals surface area (Å²) < 4.78 is 11.0. The molecule has 2 heterocycles. The molecule has 1 aromatic heterocycles. The minimum absolute atomic E-state index is 0.00473. The van der Waals surface area contributed by atoms with Crippen LogP contribution in [0.3, 0.4) is 0 Å². The molecule has 3 rings (SSSR count). The van der Waals surface area contributed by atoms with Gasteiger partial charge in [0, 0.05) is 13.1 Å². The number of benzene rings is 1. The summed E-state index contributed by atoms with van der Waals surface area (Å²) >= 11 is 0. The Kier molecular flexibility index (Phi) is 4.88. The molecule has 1 aromatic carbocycles. The summed E-state index contributed by atoms with van der Waals surface area (Å²) in [5, 5.41) is 2.87. The highest BCUT2D eigenvalue weighted by atomic mass is 16.5. The van der Waals surface area contributed by atoms with Crippen LogP contribution in [0.25, 0.3) is 0 Å². The molecule has 116 valence electrons. The molecule has 1 N–H and O–H groups in total. The van der Waals surface area contributed by atoms with Gasteiger partial charge < -0.3 is 14.5 Å². The minimum atomic E-state index is 0.00473. The van der Waals surface area contributed by atoms with Gasteiger partial charge in [-0.3, -0.25) is 9.69 Å². The zero-order chi connectivity index (χ0) is 15.2. The second-order valence-electron chi connectivity index (χ2n) is 5.36. The standard InChI is InChI=1S/C17H20N2O3/c20-17(18-11-15-7-4-9-21-15)13-19-8-10-22-16(12-19)14-5-2-1-3-6-14/h1-7,9,16H,8,10-13H2,(H,18,20). The Labute approximate surface area is 129 Å². The van der Waals surface area contributed by atoms with Crippen LogP contribution < -0.4 is 5.32 Å². The number of nitrogens with one attached hydrogen (secondary N) is 1. The Bertz CT molecular complexity index is 583. The van der Waals surface area contributed by atoms with E-state index in [1.165, 1.54) is 0 Å². The van der Waals surface area contributed by atoms with E-state index in [1.54, 1.807) is 6.26 Å². The SMILES string of the molecule is O=C(CN1CCOC(c2ccccc2)C1)NCc1ccco1. The Hall–Kier alpha value is -2.11. The molecule has 1 unspecified atom stereocenters. The van der Waals surface area contributed by atoms with Gasteiger partial charge in [0.2, 0.25) is 5.91 Å². The van der Waals surface area contributed by atoms with E-state index >= 15 is 0 Å². The van der Waals surface area contributed by atoms with Crippen LogP contribution in [0.15, 0.2) is 53.1 Å². The molecule has 5 heteroatoms. The Balaban J connectivity index is 1.48. The lowest BCUT2D eigenvalue weighted by atomic mass is 10.1. The number of hydrogen-bond donors (Lipinski definition) is 1. The van der Waals surface area contributed by atoms with Crippen molar-refractivity contribution in [1.82, 2.24) is 10.2 Å². The predicted molar refractivity (Wildman–Crippen MR) is 82.1 cm³/mol. The fourth-order valence-electron chi connectivity index (χ4n) is 2.57. The monoisotopic (exact) mass is 300 g/mol. The molecule has 1 aliphatic rings. The fourth-order valence-corrected chi connectivity index (χ4v) is 2.57. The van der Waals surface area contributed by atoms with Crippen LogP contribution in [-0.4, -0.2) is 37.0 Å². The topological polar surface area (TPSA) is 54.7 Å². The highest BCUT2D eigenvalue weighted by Gasteiger charge is 2.23. The molecule has 0 aliphatic carbocycles. The lowest BCUT2D eigenvalue weighted by molar-refractivity contribution is -0.124. The molecule has 5 nitrogen and oxygen atoms in total. The van der Waals surface area contributed by atoms with Crippen molar-refractivity contribution in [2.75, 3.05) is 26.2 Å². The third-order valence-electron chi connectivity index (χ3n) is 3.73. The van der Waals surface area contributed by atoms with Gasteiger partial charge in [-0.1, -0.05) is 30.3 Å². The molecular weight excluding hydrogens is 280 g/mol. The van der Waals surface area contributed by atoms with Gasteiger partial charge in [0.05, 0.1) is 32.1 Å². The lowest BCUT2D eigenvalue weighted by Crippen LogP contribution is -2.44.